The lowest BCUT2D eigenvalue weighted by molar-refractivity contribution is 0.0263. The van der Waals surface area contributed by atoms with Crippen LogP contribution in [-0.4, -0.2) is 35.7 Å². The van der Waals surface area contributed by atoms with Gasteiger partial charge >= 0.3 is 0 Å². The molecule has 0 atom stereocenters. The van der Waals surface area contributed by atoms with Crippen molar-refractivity contribution in [2.45, 2.75) is 71.3 Å². The zero-order valence-corrected chi connectivity index (χ0v) is 12.3. The molecule has 2 nitrogen and oxygen atoms in total. The van der Waals surface area contributed by atoms with Crippen molar-refractivity contribution in [1.82, 2.24) is 4.90 Å². The molecule has 0 unspecified atom stereocenters. The topological polar surface area (TPSA) is 23.5 Å². The number of nitrogens with zero attached hydrogens (tertiary/aromatic N) is 1. The van der Waals surface area contributed by atoms with Crippen LogP contribution in [0.4, 0.5) is 0 Å². The Hall–Kier alpha value is -0.0800. The maximum absolute atomic E-state index is 9.88. The predicted octanol–water partition coefficient (Wildman–Crippen LogP) is 3.44. The van der Waals surface area contributed by atoms with Crippen LogP contribution in [0.5, 0.6) is 0 Å². The first-order valence-electron chi connectivity index (χ1n) is 8.04. The van der Waals surface area contributed by atoms with Crippen molar-refractivity contribution >= 4 is 0 Å². The molecule has 0 aromatic heterocycles. The molecule has 2 rings (SSSR count). The maximum Gasteiger partial charge on any atom is 0.0499 e. The van der Waals surface area contributed by atoms with Gasteiger partial charge < -0.3 is 5.11 Å². The fourth-order valence-corrected chi connectivity index (χ4v) is 3.36. The summed E-state index contributed by atoms with van der Waals surface area (Å²) in [6, 6.07) is 0.847. The zero-order valence-electron chi connectivity index (χ0n) is 12.3. The average Bonchev–Trinajstić information content (AvgIpc) is 3.22. The molecule has 0 aromatic rings. The van der Waals surface area contributed by atoms with Crippen LogP contribution in [0.2, 0.25) is 0 Å². The van der Waals surface area contributed by atoms with Crippen LogP contribution in [0, 0.1) is 11.3 Å². The smallest absolute Gasteiger partial charge is 0.0499 e. The number of aliphatic hydroxyl groups is 1. The van der Waals surface area contributed by atoms with E-state index in [1.807, 2.05) is 0 Å². The van der Waals surface area contributed by atoms with Gasteiger partial charge in [0.2, 0.25) is 0 Å². The molecule has 2 aliphatic carbocycles. The molecule has 0 aromatic carbocycles. The standard InChI is InChI=1S/C16H31NO/c1-3-4-11-17(15-5-6-15)12-16(13-18)9-7-14(2)8-10-16/h14-15,18H,3-13H2,1-2H3. The van der Waals surface area contributed by atoms with E-state index in [2.05, 4.69) is 18.7 Å². The van der Waals surface area contributed by atoms with Crippen LogP contribution in [0.3, 0.4) is 0 Å². The number of aliphatic hydroxyl groups excluding tert-OH is 1. The monoisotopic (exact) mass is 253 g/mol. The van der Waals surface area contributed by atoms with E-state index in [1.54, 1.807) is 0 Å². The van der Waals surface area contributed by atoms with Crippen LogP contribution >= 0.6 is 0 Å². The van der Waals surface area contributed by atoms with E-state index in [9.17, 15) is 5.11 Å². The zero-order chi connectivity index (χ0) is 13.0. The molecule has 106 valence electrons. The summed E-state index contributed by atoms with van der Waals surface area (Å²) in [6.07, 6.45) is 10.5. The molecule has 0 amide bonds. The Morgan fingerprint density at radius 2 is 1.83 bits per heavy atom. The molecule has 2 heteroatoms. The number of hydrogen-bond acceptors (Lipinski definition) is 2. The third-order valence-electron chi connectivity index (χ3n) is 5.07. The van der Waals surface area contributed by atoms with Crippen LogP contribution in [0.25, 0.3) is 0 Å². The fourth-order valence-electron chi connectivity index (χ4n) is 3.36. The third-order valence-corrected chi connectivity index (χ3v) is 5.07. The lowest BCUT2D eigenvalue weighted by Gasteiger charge is -2.41. The molecule has 2 saturated carbocycles. The fraction of sp³-hybridized carbons (Fsp3) is 1.00. The van der Waals surface area contributed by atoms with Gasteiger partial charge in [0.15, 0.2) is 0 Å². The molecular weight excluding hydrogens is 222 g/mol. The van der Waals surface area contributed by atoms with Crippen LogP contribution in [0.15, 0.2) is 0 Å². The van der Waals surface area contributed by atoms with Gasteiger partial charge in [-0.25, -0.2) is 0 Å². The van der Waals surface area contributed by atoms with Crippen molar-refractivity contribution in [2.24, 2.45) is 11.3 Å². The highest BCUT2D eigenvalue weighted by Gasteiger charge is 2.38. The van der Waals surface area contributed by atoms with Crippen molar-refractivity contribution in [3.8, 4) is 0 Å². The number of rotatable bonds is 7. The second-order valence-electron chi connectivity index (χ2n) is 6.90. The van der Waals surface area contributed by atoms with Crippen LogP contribution in [0.1, 0.15) is 65.2 Å². The van der Waals surface area contributed by atoms with Gasteiger partial charge in [0.05, 0.1) is 0 Å². The number of hydrogen-bond donors (Lipinski definition) is 1. The first-order valence-corrected chi connectivity index (χ1v) is 8.04. The van der Waals surface area contributed by atoms with Gasteiger partial charge in [-0.1, -0.05) is 33.1 Å². The third kappa shape index (κ3) is 3.71. The summed E-state index contributed by atoms with van der Waals surface area (Å²) in [7, 11) is 0. The van der Waals surface area contributed by atoms with Crippen LogP contribution < -0.4 is 0 Å². The molecule has 2 fully saturated rings. The molecule has 0 saturated heterocycles. The van der Waals surface area contributed by atoms with Crippen molar-refractivity contribution in [2.75, 3.05) is 19.7 Å². The Morgan fingerprint density at radius 1 is 1.17 bits per heavy atom. The Balaban J connectivity index is 1.90. The van der Waals surface area contributed by atoms with E-state index in [1.165, 1.54) is 57.9 Å². The van der Waals surface area contributed by atoms with Gasteiger partial charge in [-0.05, 0) is 44.6 Å². The highest BCUT2D eigenvalue weighted by atomic mass is 16.3. The lowest BCUT2D eigenvalue weighted by Crippen LogP contribution is -2.43. The predicted molar refractivity (Wildman–Crippen MR) is 76.7 cm³/mol. The minimum atomic E-state index is 0.225. The average molecular weight is 253 g/mol. The first kappa shape index (κ1) is 14.3. The van der Waals surface area contributed by atoms with Gasteiger partial charge in [-0.3, -0.25) is 4.90 Å². The molecule has 0 bridgehead atoms. The molecular formula is C16H31NO. The Labute approximate surface area is 113 Å². The second-order valence-corrected chi connectivity index (χ2v) is 6.90. The minimum Gasteiger partial charge on any atom is -0.396 e. The van der Waals surface area contributed by atoms with E-state index < -0.39 is 0 Å². The first-order chi connectivity index (χ1) is 8.69. The molecule has 0 spiro atoms. The quantitative estimate of drug-likeness (QED) is 0.751. The normalized spacial score (nSPS) is 33.0. The van der Waals surface area contributed by atoms with Gasteiger partial charge in [0, 0.05) is 24.6 Å². The largest absolute Gasteiger partial charge is 0.396 e. The van der Waals surface area contributed by atoms with Crippen molar-refractivity contribution in [3.63, 3.8) is 0 Å². The van der Waals surface area contributed by atoms with Gasteiger partial charge in [0.25, 0.3) is 0 Å². The van der Waals surface area contributed by atoms with Gasteiger partial charge in [-0.2, -0.15) is 0 Å². The van der Waals surface area contributed by atoms with Crippen molar-refractivity contribution in [3.05, 3.63) is 0 Å². The highest BCUT2D eigenvalue weighted by molar-refractivity contribution is 4.92. The van der Waals surface area contributed by atoms with Crippen molar-refractivity contribution in [1.29, 1.82) is 0 Å². The second kappa shape index (κ2) is 6.38. The van der Waals surface area contributed by atoms with Gasteiger partial charge in [0.1, 0.15) is 0 Å². The summed E-state index contributed by atoms with van der Waals surface area (Å²) in [5.74, 6) is 0.870. The van der Waals surface area contributed by atoms with E-state index in [-0.39, 0.29) is 5.41 Å². The summed E-state index contributed by atoms with van der Waals surface area (Å²) in [5, 5.41) is 9.88. The SMILES string of the molecule is CCCCN(CC1(CO)CCC(C)CC1)C1CC1. The maximum atomic E-state index is 9.88. The van der Waals surface area contributed by atoms with E-state index in [0.717, 1.165) is 18.5 Å². The highest BCUT2D eigenvalue weighted by Crippen LogP contribution is 2.41. The molecule has 0 aliphatic heterocycles. The summed E-state index contributed by atoms with van der Waals surface area (Å²) in [5.41, 5.74) is 0.225. The molecule has 18 heavy (non-hydrogen) atoms. The molecule has 2 aliphatic rings. The van der Waals surface area contributed by atoms with E-state index in [4.69, 9.17) is 0 Å². The minimum absolute atomic E-state index is 0.225. The van der Waals surface area contributed by atoms with Gasteiger partial charge in [-0.15, -0.1) is 0 Å². The molecule has 0 heterocycles. The Bertz CT molecular complexity index is 241. The van der Waals surface area contributed by atoms with E-state index >= 15 is 0 Å². The summed E-state index contributed by atoms with van der Waals surface area (Å²) < 4.78 is 0. The van der Waals surface area contributed by atoms with Crippen LogP contribution in [-0.2, 0) is 0 Å². The summed E-state index contributed by atoms with van der Waals surface area (Å²) >= 11 is 0. The lowest BCUT2D eigenvalue weighted by atomic mass is 9.71. The Kier molecular flexibility index (Phi) is 5.08. The van der Waals surface area contributed by atoms with E-state index in [0.29, 0.717) is 6.61 Å². The van der Waals surface area contributed by atoms with Crippen molar-refractivity contribution < 1.29 is 5.11 Å². The summed E-state index contributed by atoms with van der Waals surface area (Å²) in [4.78, 5) is 2.69. The molecule has 1 N–H and O–H groups in total. The summed E-state index contributed by atoms with van der Waals surface area (Å²) in [6.45, 7) is 7.43. The number of unbranched alkanes of at least 4 members (excludes halogenated alkanes) is 1. The Morgan fingerprint density at radius 3 is 2.33 bits per heavy atom. The molecule has 0 radical (unpaired) electrons.